The van der Waals surface area contributed by atoms with Gasteiger partial charge in [-0.05, 0) is 18.6 Å². The van der Waals surface area contributed by atoms with E-state index in [1.165, 1.54) is 0 Å². The van der Waals surface area contributed by atoms with Gasteiger partial charge in [-0.25, -0.2) is 0 Å². The van der Waals surface area contributed by atoms with Crippen LogP contribution in [-0.4, -0.2) is 24.2 Å². The van der Waals surface area contributed by atoms with Gasteiger partial charge >= 0.3 is 0 Å². The summed E-state index contributed by atoms with van der Waals surface area (Å²) < 4.78 is 0. The molecule has 0 aliphatic carbocycles. The summed E-state index contributed by atoms with van der Waals surface area (Å²) in [5, 5.41) is 11.4. The third kappa shape index (κ3) is 3.41. The van der Waals surface area contributed by atoms with Crippen LogP contribution in [0, 0.1) is 11.8 Å². The molecule has 1 aromatic carbocycles. The van der Waals surface area contributed by atoms with Gasteiger partial charge in [-0.1, -0.05) is 30.9 Å². The molecule has 0 saturated carbocycles. The fourth-order valence-electron chi connectivity index (χ4n) is 1.26. The number of carbonyl (C=O) groups excluding carboxylic acids is 1. The molecule has 0 heterocycles. The first-order chi connectivity index (χ1) is 7.79. The first-order valence-electron chi connectivity index (χ1n) is 5.26. The molecule has 0 unspecified atom stereocenters. The molecule has 0 fully saturated rings. The zero-order valence-electron chi connectivity index (χ0n) is 9.29. The Morgan fingerprint density at radius 3 is 2.88 bits per heavy atom. The Balaban J connectivity index is 2.89. The molecule has 0 bridgehead atoms. The van der Waals surface area contributed by atoms with Gasteiger partial charge in [0.1, 0.15) is 6.61 Å². The summed E-state index contributed by atoms with van der Waals surface area (Å²) >= 11 is 0. The molecule has 0 spiro atoms. The molecular formula is C13H15NO2. The van der Waals surface area contributed by atoms with Gasteiger partial charge in [-0.2, -0.15) is 0 Å². The third-order valence-corrected chi connectivity index (χ3v) is 2.01. The molecule has 16 heavy (non-hydrogen) atoms. The van der Waals surface area contributed by atoms with E-state index in [0.717, 1.165) is 6.42 Å². The molecule has 1 amide bonds. The summed E-state index contributed by atoms with van der Waals surface area (Å²) in [7, 11) is 0. The van der Waals surface area contributed by atoms with E-state index in [4.69, 9.17) is 5.11 Å². The molecule has 3 heteroatoms. The van der Waals surface area contributed by atoms with Gasteiger partial charge in [0.25, 0.3) is 5.91 Å². The van der Waals surface area contributed by atoms with Crippen molar-refractivity contribution in [1.82, 2.24) is 5.32 Å². The Labute approximate surface area is 95.5 Å². The van der Waals surface area contributed by atoms with Crippen molar-refractivity contribution in [2.75, 3.05) is 13.2 Å². The number of hydrogen-bond acceptors (Lipinski definition) is 2. The SMILES string of the molecule is CCCNC(=O)c1ccccc1C#CCO. The molecule has 0 saturated heterocycles. The van der Waals surface area contributed by atoms with E-state index in [-0.39, 0.29) is 12.5 Å². The molecule has 0 atom stereocenters. The smallest absolute Gasteiger partial charge is 0.252 e. The average Bonchev–Trinajstić information content (AvgIpc) is 2.33. The van der Waals surface area contributed by atoms with Gasteiger partial charge in [0.05, 0.1) is 5.56 Å². The van der Waals surface area contributed by atoms with Crippen LogP contribution >= 0.6 is 0 Å². The maximum absolute atomic E-state index is 11.7. The number of amides is 1. The average molecular weight is 217 g/mol. The van der Waals surface area contributed by atoms with Crippen LogP contribution in [0.15, 0.2) is 24.3 Å². The lowest BCUT2D eigenvalue weighted by Crippen LogP contribution is -2.24. The van der Waals surface area contributed by atoms with E-state index in [0.29, 0.717) is 17.7 Å². The van der Waals surface area contributed by atoms with Gasteiger partial charge < -0.3 is 10.4 Å². The van der Waals surface area contributed by atoms with Crippen LogP contribution in [0.2, 0.25) is 0 Å². The van der Waals surface area contributed by atoms with E-state index < -0.39 is 0 Å². The van der Waals surface area contributed by atoms with E-state index in [1.807, 2.05) is 13.0 Å². The Morgan fingerprint density at radius 2 is 2.19 bits per heavy atom. The minimum absolute atomic E-state index is 0.121. The van der Waals surface area contributed by atoms with Crippen molar-refractivity contribution in [3.63, 3.8) is 0 Å². The number of nitrogens with one attached hydrogen (secondary N) is 1. The highest BCUT2D eigenvalue weighted by Gasteiger charge is 2.07. The number of carbonyl (C=O) groups is 1. The predicted molar refractivity (Wildman–Crippen MR) is 63.0 cm³/mol. The van der Waals surface area contributed by atoms with Crippen molar-refractivity contribution < 1.29 is 9.90 Å². The fourth-order valence-corrected chi connectivity index (χ4v) is 1.26. The molecule has 0 aliphatic rings. The zero-order valence-corrected chi connectivity index (χ0v) is 9.29. The summed E-state index contributed by atoms with van der Waals surface area (Å²) in [6.07, 6.45) is 0.899. The molecule has 1 aromatic rings. The normalized spacial score (nSPS) is 9.12. The molecular weight excluding hydrogens is 202 g/mol. The molecule has 0 aliphatic heterocycles. The number of aliphatic hydroxyl groups excluding tert-OH is 1. The Morgan fingerprint density at radius 1 is 1.44 bits per heavy atom. The highest BCUT2D eigenvalue weighted by atomic mass is 16.2. The van der Waals surface area contributed by atoms with Crippen molar-refractivity contribution in [1.29, 1.82) is 0 Å². The van der Waals surface area contributed by atoms with E-state index >= 15 is 0 Å². The maximum Gasteiger partial charge on any atom is 0.252 e. The van der Waals surface area contributed by atoms with Crippen LogP contribution in [-0.2, 0) is 0 Å². The third-order valence-electron chi connectivity index (χ3n) is 2.01. The lowest BCUT2D eigenvalue weighted by molar-refractivity contribution is 0.0953. The van der Waals surface area contributed by atoms with Crippen molar-refractivity contribution in [3.05, 3.63) is 35.4 Å². The topological polar surface area (TPSA) is 49.3 Å². The van der Waals surface area contributed by atoms with Gasteiger partial charge in [-0.15, -0.1) is 0 Å². The Kier molecular flexibility index (Phi) is 5.10. The van der Waals surface area contributed by atoms with Gasteiger partial charge in [0.2, 0.25) is 0 Å². The second kappa shape index (κ2) is 6.65. The first-order valence-corrected chi connectivity index (χ1v) is 5.26. The minimum Gasteiger partial charge on any atom is -0.384 e. The van der Waals surface area contributed by atoms with E-state index in [9.17, 15) is 4.79 Å². The summed E-state index contributed by atoms with van der Waals surface area (Å²) in [6.45, 7) is 2.45. The van der Waals surface area contributed by atoms with Crippen molar-refractivity contribution >= 4 is 5.91 Å². The number of rotatable bonds is 3. The molecule has 1 rings (SSSR count). The van der Waals surface area contributed by atoms with Crippen molar-refractivity contribution in [2.24, 2.45) is 0 Å². The minimum atomic E-state index is -0.203. The van der Waals surface area contributed by atoms with Crippen LogP contribution < -0.4 is 5.32 Å². The fraction of sp³-hybridized carbons (Fsp3) is 0.308. The van der Waals surface area contributed by atoms with E-state index in [2.05, 4.69) is 17.2 Å². The second-order valence-electron chi connectivity index (χ2n) is 3.26. The maximum atomic E-state index is 11.7. The van der Waals surface area contributed by atoms with Crippen LogP contribution in [0.4, 0.5) is 0 Å². The lowest BCUT2D eigenvalue weighted by atomic mass is 10.1. The Hall–Kier alpha value is -1.79. The molecule has 2 N–H and O–H groups in total. The van der Waals surface area contributed by atoms with Crippen LogP contribution in [0.3, 0.4) is 0 Å². The monoisotopic (exact) mass is 217 g/mol. The molecule has 84 valence electrons. The Bertz CT molecular complexity index is 415. The highest BCUT2D eigenvalue weighted by molar-refractivity contribution is 5.96. The van der Waals surface area contributed by atoms with E-state index in [1.54, 1.807) is 18.2 Å². The largest absolute Gasteiger partial charge is 0.384 e. The van der Waals surface area contributed by atoms with Crippen molar-refractivity contribution in [3.8, 4) is 11.8 Å². The highest BCUT2D eigenvalue weighted by Crippen LogP contribution is 2.06. The summed E-state index contributed by atoms with van der Waals surface area (Å²) in [4.78, 5) is 11.7. The number of benzene rings is 1. The van der Waals surface area contributed by atoms with Gasteiger partial charge in [0.15, 0.2) is 0 Å². The zero-order chi connectivity index (χ0) is 11.8. The second-order valence-corrected chi connectivity index (χ2v) is 3.26. The van der Waals surface area contributed by atoms with Crippen LogP contribution in [0.25, 0.3) is 0 Å². The van der Waals surface area contributed by atoms with Crippen LogP contribution in [0.5, 0.6) is 0 Å². The number of hydrogen-bond donors (Lipinski definition) is 2. The molecule has 3 nitrogen and oxygen atoms in total. The van der Waals surface area contributed by atoms with Gasteiger partial charge in [-0.3, -0.25) is 4.79 Å². The van der Waals surface area contributed by atoms with Crippen LogP contribution in [0.1, 0.15) is 29.3 Å². The summed E-state index contributed by atoms with van der Waals surface area (Å²) in [5.74, 6) is 5.18. The standard InChI is InChI=1S/C13H15NO2/c1-2-9-14-13(16)12-8-4-3-6-11(12)7-5-10-15/h3-4,6,8,15H,2,9-10H2,1H3,(H,14,16). The summed E-state index contributed by atoms with van der Waals surface area (Å²) in [5.41, 5.74) is 1.20. The number of aliphatic hydroxyl groups is 1. The lowest BCUT2D eigenvalue weighted by Gasteiger charge is -2.05. The summed E-state index contributed by atoms with van der Waals surface area (Å²) in [6, 6.07) is 7.11. The predicted octanol–water partition coefficient (Wildman–Crippen LogP) is 1.17. The molecule has 0 radical (unpaired) electrons. The molecule has 0 aromatic heterocycles. The first kappa shape index (κ1) is 12.3. The quantitative estimate of drug-likeness (QED) is 0.747. The van der Waals surface area contributed by atoms with Gasteiger partial charge in [0, 0.05) is 12.1 Å². The van der Waals surface area contributed by atoms with Crippen molar-refractivity contribution in [2.45, 2.75) is 13.3 Å².